The van der Waals surface area contributed by atoms with Gasteiger partial charge in [-0.15, -0.1) is 0 Å². The molecule has 2 amide bonds. The van der Waals surface area contributed by atoms with Crippen molar-refractivity contribution in [3.05, 3.63) is 71.8 Å². The average Bonchev–Trinajstić information content (AvgIpc) is 2.70. The topological polar surface area (TPSA) is 95.5 Å². The number of nitrogens with one attached hydrogen (secondary N) is 2. The Hall–Kier alpha value is -3.15. The number of hydrogen-bond donors (Lipinski definition) is 3. The van der Waals surface area contributed by atoms with E-state index in [4.69, 9.17) is 0 Å². The van der Waals surface area contributed by atoms with Crippen molar-refractivity contribution in [3.8, 4) is 0 Å². The van der Waals surface area contributed by atoms with Crippen molar-refractivity contribution >= 4 is 17.8 Å². The van der Waals surface area contributed by atoms with Crippen molar-refractivity contribution in [2.24, 2.45) is 0 Å². The molecule has 2 aromatic rings. The predicted octanol–water partition coefficient (Wildman–Crippen LogP) is 2.36. The van der Waals surface area contributed by atoms with Gasteiger partial charge in [0.05, 0.1) is 0 Å². The highest BCUT2D eigenvalue weighted by atomic mass is 16.4. The van der Waals surface area contributed by atoms with Gasteiger partial charge in [-0.2, -0.15) is 0 Å². The van der Waals surface area contributed by atoms with Gasteiger partial charge in [-0.05, 0) is 31.0 Å². The average molecular weight is 368 g/mol. The molecule has 1 unspecified atom stereocenters. The van der Waals surface area contributed by atoms with Gasteiger partial charge in [0.25, 0.3) is 5.91 Å². The second kappa shape index (κ2) is 9.52. The first-order chi connectivity index (χ1) is 12.9. The highest BCUT2D eigenvalue weighted by Crippen LogP contribution is 2.23. The standard InChI is InChI=1S/C21H24N2O4/c1-21(20(26)27,17-11-6-3-7-12-17)15-23-18(24)13-8-14-22-19(25)16-9-4-2-5-10-16/h2-7,9-12H,8,13-15H2,1H3,(H,22,25)(H,23,24)(H,26,27). The Morgan fingerprint density at radius 3 is 2.11 bits per heavy atom. The molecular formula is C21H24N2O4. The Balaban J connectivity index is 1.77. The summed E-state index contributed by atoms with van der Waals surface area (Å²) in [5, 5.41) is 15.0. The zero-order chi connectivity index (χ0) is 19.7. The number of carbonyl (C=O) groups is 3. The third-order valence-electron chi connectivity index (χ3n) is 4.42. The van der Waals surface area contributed by atoms with Crippen LogP contribution in [-0.2, 0) is 15.0 Å². The molecule has 2 rings (SSSR count). The van der Waals surface area contributed by atoms with Crippen LogP contribution in [0.5, 0.6) is 0 Å². The molecule has 6 nitrogen and oxygen atoms in total. The first-order valence-electron chi connectivity index (χ1n) is 8.82. The van der Waals surface area contributed by atoms with E-state index in [0.29, 0.717) is 24.1 Å². The summed E-state index contributed by atoms with van der Waals surface area (Å²) in [6.45, 7) is 1.96. The molecule has 2 aromatic carbocycles. The normalized spacial score (nSPS) is 12.6. The van der Waals surface area contributed by atoms with Crippen LogP contribution >= 0.6 is 0 Å². The molecular weight excluding hydrogens is 344 g/mol. The van der Waals surface area contributed by atoms with Gasteiger partial charge in [0, 0.05) is 25.1 Å². The lowest BCUT2D eigenvalue weighted by Gasteiger charge is -2.25. The van der Waals surface area contributed by atoms with Gasteiger partial charge in [-0.3, -0.25) is 14.4 Å². The Kier molecular flexibility index (Phi) is 7.11. The molecule has 0 aliphatic carbocycles. The molecule has 27 heavy (non-hydrogen) atoms. The van der Waals surface area contributed by atoms with Crippen LogP contribution in [0.4, 0.5) is 0 Å². The summed E-state index contributed by atoms with van der Waals surface area (Å²) < 4.78 is 0. The SMILES string of the molecule is CC(CNC(=O)CCCNC(=O)c1ccccc1)(C(=O)O)c1ccccc1. The maximum absolute atomic E-state index is 12.0. The van der Waals surface area contributed by atoms with Crippen LogP contribution in [-0.4, -0.2) is 36.0 Å². The van der Waals surface area contributed by atoms with Crippen molar-refractivity contribution in [3.63, 3.8) is 0 Å². The van der Waals surface area contributed by atoms with Crippen molar-refractivity contribution < 1.29 is 19.5 Å². The molecule has 3 N–H and O–H groups in total. The summed E-state index contributed by atoms with van der Waals surface area (Å²) in [7, 11) is 0. The third-order valence-corrected chi connectivity index (χ3v) is 4.42. The first kappa shape index (κ1) is 20.2. The minimum absolute atomic E-state index is 0.00154. The van der Waals surface area contributed by atoms with Crippen LogP contribution in [0.1, 0.15) is 35.7 Å². The highest BCUT2D eigenvalue weighted by Gasteiger charge is 2.35. The fraction of sp³-hybridized carbons (Fsp3) is 0.286. The Morgan fingerprint density at radius 2 is 1.52 bits per heavy atom. The minimum Gasteiger partial charge on any atom is -0.481 e. The number of carbonyl (C=O) groups excluding carboxylic acids is 2. The van der Waals surface area contributed by atoms with Gasteiger partial charge in [-0.25, -0.2) is 0 Å². The third kappa shape index (κ3) is 5.67. The Bertz CT molecular complexity index is 777. The molecule has 0 saturated carbocycles. The number of aliphatic carboxylic acids is 1. The highest BCUT2D eigenvalue weighted by molar-refractivity contribution is 5.94. The van der Waals surface area contributed by atoms with Crippen LogP contribution in [0.2, 0.25) is 0 Å². The van der Waals surface area contributed by atoms with Crippen molar-refractivity contribution in [2.45, 2.75) is 25.2 Å². The van der Waals surface area contributed by atoms with Gasteiger partial charge < -0.3 is 15.7 Å². The zero-order valence-corrected chi connectivity index (χ0v) is 15.3. The number of hydrogen-bond acceptors (Lipinski definition) is 3. The fourth-order valence-corrected chi connectivity index (χ4v) is 2.61. The quantitative estimate of drug-likeness (QED) is 0.592. The minimum atomic E-state index is -1.20. The van der Waals surface area contributed by atoms with Crippen LogP contribution < -0.4 is 10.6 Å². The van der Waals surface area contributed by atoms with E-state index in [-0.39, 0.29) is 24.8 Å². The molecule has 0 spiro atoms. The maximum atomic E-state index is 12.0. The van der Waals surface area contributed by atoms with E-state index in [1.54, 1.807) is 55.5 Å². The molecule has 0 aromatic heterocycles. The van der Waals surface area contributed by atoms with E-state index in [2.05, 4.69) is 10.6 Å². The van der Waals surface area contributed by atoms with E-state index in [0.717, 1.165) is 0 Å². The maximum Gasteiger partial charge on any atom is 0.315 e. The lowest BCUT2D eigenvalue weighted by Crippen LogP contribution is -2.44. The number of amides is 2. The van der Waals surface area contributed by atoms with Gasteiger partial charge in [0.2, 0.25) is 5.91 Å². The second-order valence-electron chi connectivity index (χ2n) is 6.51. The zero-order valence-electron chi connectivity index (χ0n) is 15.3. The monoisotopic (exact) mass is 368 g/mol. The van der Waals surface area contributed by atoms with Crippen LogP contribution in [0.25, 0.3) is 0 Å². The Morgan fingerprint density at radius 1 is 0.926 bits per heavy atom. The molecule has 0 heterocycles. The van der Waals surface area contributed by atoms with Crippen molar-refractivity contribution in [1.29, 1.82) is 0 Å². The molecule has 0 fully saturated rings. The summed E-state index contributed by atoms with van der Waals surface area (Å²) in [6, 6.07) is 17.7. The van der Waals surface area contributed by atoms with Crippen LogP contribution in [0, 0.1) is 0 Å². The number of benzene rings is 2. The summed E-state index contributed by atoms with van der Waals surface area (Å²) in [6.07, 6.45) is 0.680. The lowest BCUT2D eigenvalue weighted by atomic mass is 9.82. The Labute approximate surface area is 158 Å². The van der Waals surface area contributed by atoms with E-state index >= 15 is 0 Å². The molecule has 0 aliphatic heterocycles. The molecule has 0 bridgehead atoms. The number of carboxylic acid groups (broad SMARTS) is 1. The fourth-order valence-electron chi connectivity index (χ4n) is 2.61. The number of carboxylic acids is 1. The van der Waals surface area contributed by atoms with Gasteiger partial charge >= 0.3 is 5.97 Å². The summed E-state index contributed by atoms with van der Waals surface area (Å²) in [5.74, 6) is -1.42. The molecule has 1 atom stereocenters. The largest absolute Gasteiger partial charge is 0.481 e. The van der Waals surface area contributed by atoms with E-state index in [9.17, 15) is 19.5 Å². The molecule has 142 valence electrons. The first-order valence-corrected chi connectivity index (χ1v) is 8.82. The number of rotatable bonds is 9. The van der Waals surface area contributed by atoms with Gasteiger partial charge in [-0.1, -0.05) is 48.5 Å². The van der Waals surface area contributed by atoms with Crippen LogP contribution in [0.15, 0.2) is 60.7 Å². The summed E-state index contributed by atoms with van der Waals surface area (Å²) in [4.78, 5) is 35.6. The molecule has 6 heteroatoms. The summed E-state index contributed by atoms with van der Waals surface area (Å²) >= 11 is 0. The molecule has 0 radical (unpaired) electrons. The van der Waals surface area contributed by atoms with Crippen molar-refractivity contribution in [2.75, 3.05) is 13.1 Å². The van der Waals surface area contributed by atoms with Crippen molar-refractivity contribution in [1.82, 2.24) is 10.6 Å². The van der Waals surface area contributed by atoms with Gasteiger partial charge in [0.1, 0.15) is 5.41 Å². The lowest BCUT2D eigenvalue weighted by molar-refractivity contribution is -0.143. The second-order valence-corrected chi connectivity index (χ2v) is 6.51. The van der Waals surface area contributed by atoms with E-state index in [1.807, 2.05) is 12.1 Å². The smallest absolute Gasteiger partial charge is 0.315 e. The van der Waals surface area contributed by atoms with E-state index in [1.165, 1.54) is 0 Å². The molecule has 0 aliphatic rings. The summed E-state index contributed by atoms with van der Waals surface area (Å²) in [5.41, 5.74) is 0.00768. The van der Waals surface area contributed by atoms with E-state index < -0.39 is 11.4 Å². The van der Waals surface area contributed by atoms with Crippen LogP contribution in [0.3, 0.4) is 0 Å². The molecule has 0 saturated heterocycles. The predicted molar refractivity (Wildman–Crippen MR) is 102 cm³/mol. The van der Waals surface area contributed by atoms with Gasteiger partial charge in [0.15, 0.2) is 0 Å².